The number of aryl methyl sites for hydroxylation is 1. The molecule has 4 aromatic carbocycles. The molecule has 19 heteroatoms. The molecule has 0 spiro atoms. The second-order valence-electron chi connectivity index (χ2n) is 20.8. The standard InChI is InChI=1S/C59H73N13O6/c1-7-41-33-46(51(74)35-50(41)73)53-63-64-55(56(75)60-8-2)72(53)43-17-15-39(16-18-43)37-67-29-31-68(32-30-67)38-40-21-25-70(26-22-40)57(76)42-23-27-69(28-24-42)44-19-20-48(52(34-44)78-10-4)71(9-3)59-61-36-49-54(62-59)65(5)47-14-12-11-13-45(47)58(77)66(49)6/h11-20,33-36,40,42,73-74H,7-10,21-32,37-38H2,1-6H3,(H,60,75). The number of rotatable bonds is 16. The third-order valence-electron chi connectivity index (χ3n) is 16.0. The molecule has 3 N–H and O–H groups in total. The number of fused-ring (bicyclic) bond motifs is 2. The van der Waals surface area contributed by atoms with Crippen LogP contribution in [0.25, 0.3) is 17.1 Å². The summed E-state index contributed by atoms with van der Waals surface area (Å²) in [7, 11) is 3.69. The third kappa shape index (κ3) is 10.9. The first-order chi connectivity index (χ1) is 37.9. The van der Waals surface area contributed by atoms with Gasteiger partial charge in [-0.15, -0.1) is 10.2 Å². The van der Waals surface area contributed by atoms with Crippen molar-refractivity contribution in [2.75, 3.05) is 112 Å². The number of amides is 3. The Labute approximate surface area is 457 Å². The van der Waals surface area contributed by atoms with Crippen molar-refractivity contribution in [3.8, 4) is 34.3 Å². The molecule has 6 heterocycles. The molecule has 0 unspecified atom stereocenters. The molecule has 410 valence electrons. The summed E-state index contributed by atoms with van der Waals surface area (Å²) in [6.45, 7) is 18.3. The lowest BCUT2D eigenvalue weighted by Crippen LogP contribution is -2.49. The number of anilines is 6. The van der Waals surface area contributed by atoms with Crippen LogP contribution in [-0.4, -0.2) is 160 Å². The van der Waals surface area contributed by atoms with Gasteiger partial charge < -0.3 is 49.7 Å². The average molecular weight is 1060 g/mol. The van der Waals surface area contributed by atoms with Gasteiger partial charge in [0.2, 0.25) is 17.7 Å². The molecule has 0 aliphatic carbocycles. The van der Waals surface area contributed by atoms with Gasteiger partial charge in [-0.05, 0) is 112 Å². The zero-order valence-corrected chi connectivity index (χ0v) is 45.9. The molecule has 0 atom stereocenters. The van der Waals surface area contributed by atoms with Crippen molar-refractivity contribution in [3.63, 3.8) is 0 Å². The fraction of sp³-hybridized carbons (Fsp3) is 0.441. The van der Waals surface area contributed by atoms with Gasteiger partial charge in [0.05, 0.1) is 35.3 Å². The predicted octanol–water partition coefficient (Wildman–Crippen LogP) is 7.64. The van der Waals surface area contributed by atoms with Crippen LogP contribution in [0.15, 0.2) is 85.1 Å². The van der Waals surface area contributed by atoms with E-state index in [-0.39, 0.29) is 35.1 Å². The predicted molar refractivity (Wildman–Crippen MR) is 303 cm³/mol. The van der Waals surface area contributed by atoms with Gasteiger partial charge >= 0.3 is 0 Å². The Morgan fingerprint density at radius 1 is 0.756 bits per heavy atom. The lowest BCUT2D eigenvalue weighted by Gasteiger charge is -2.40. The van der Waals surface area contributed by atoms with Crippen molar-refractivity contribution in [1.82, 2.24) is 44.7 Å². The number of likely N-dealkylation sites (tertiary alicyclic amines) is 1. The number of ether oxygens (including phenoxy) is 1. The Bertz CT molecular complexity index is 3120. The molecule has 0 bridgehead atoms. The van der Waals surface area contributed by atoms with E-state index in [2.05, 4.69) is 72.4 Å². The van der Waals surface area contributed by atoms with E-state index in [9.17, 15) is 24.6 Å². The summed E-state index contributed by atoms with van der Waals surface area (Å²) >= 11 is 0. The number of hydrogen-bond acceptors (Lipinski definition) is 15. The van der Waals surface area contributed by atoms with Crippen molar-refractivity contribution in [2.45, 2.75) is 66.3 Å². The molecule has 19 nitrogen and oxygen atoms in total. The molecule has 2 aromatic heterocycles. The van der Waals surface area contributed by atoms with Crippen LogP contribution in [0.3, 0.4) is 0 Å². The number of benzene rings is 4. The second-order valence-corrected chi connectivity index (χ2v) is 20.8. The lowest BCUT2D eigenvalue weighted by molar-refractivity contribution is -0.137. The number of para-hydroxylation sites is 1. The summed E-state index contributed by atoms with van der Waals surface area (Å²) in [5.74, 6) is 2.57. The molecule has 6 aromatic rings. The fourth-order valence-electron chi connectivity index (χ4n) is 11.6. The molecule has 3 amide bonds. The number of nitrogens with one attached hydrogen (secondary N) is 1. The number of hydrogen-bond donors (Lipinski definition) is 3. The third-order valence-corrected chi connectivity index (χ3v) is 16.0. The largest absolute Gasteiger partial charge is 0.508 e. The molecule has 4 aliphatic heterocycles. The SMILES string of the molecule is CCNC(=O)c1nnc(-c2cc(CC)c(O)cc2O)n1-c1ccc(CN2CCN(CC3CCN(C(=O)C4CCN(c5ccc(N(CC)c6ncc7c(n6)N(C)c6ccccc6C(=O)N7C)c(OCC)c5)CC4)CC3)CC2)cc1. The number of piperidine rings is 2. The lowest BCUT2D eigenvalue weighted by atomic mass is 9.91. The Balaban J connectivity index is 0.694. The van der Waals surface area contributed by atoms with E-state index in [0.29, 0.717) is 83.6 Å². The summed E-state index contributed by atoms with van der Waals surface area (Å²) in [5, 5.41) is 32.6. The number of aromatic hydroxyl groups is 2. The maximum Gasteiger partial charge on any atom is 0.289 e. The number of carbonyl (C=O) groups excluding carboxylic acids is 3. The summed E-state index contributed by atoms with van der Waals surface area (Å²) in [6.07, 6.45) is 5.95. The van der Waals surface area contributed by atoms with Crippen LogP contribution in [-0.2, 0) is 17.8 Å². The van der Waals surface area contributed by atoms with E-state index < -0.39 is 0 Å². The van der Waals surface area contributed by atoms with Gasteiger partial charge in [-0.25, -0.2) is 4.98 Å². The van der Waals surface area contributed by atoms with Gasteiger partial charge in [0.1, 0.15) is 22.9 Å². The van der Waals surface area contributed by atoms with E-state index in [1.807, 2.05) is 74.0 Å². The summed E-state index contributed by atoms with van der Waals surface area (Å²) in [5.41, 5.74) is 6.82. The van der Waals surface area contributed by atoms with E-state index in [4.69, 9.17) is 14.7 Å². The van der Waals surface area contributed by atoms with Crippen molar-refractivity contribution in [2.24, 2.45) is 11.8 Å². The molecule has 3 saturated heterocycles. The van der Waals surface area contributed by atoms with Crippen LogP contribution in [0.5, 0.6) is 17.2 Å². The fourth-order valence-corrected chi connectivity index (χ4v) is 11.6. The number of nitrogens with zero attached hydrogens (tertiary/aromatic N) is 12. The Hall–Kier alpha value is -7.77. The Kier molecular flexibility index (Phi) is 16.1. The highest BCUT2D eigenvalue weighted by molar-refractivity contribution is 6.13. The zero-order chi connectivity index (χ0) is 54.6. The Morgan fingerprint density at radius 3 is 2.18 bits per heavy atom. The number of phenolic OH excluding ortho intramolecular Hbond substituents is 2. The van der Waals surface area contributed by atoms with Gasteiger partial charge in [0, 0.05) is 122 Å². The minimum absolute atomic E-state index is 0.00189. The van der Waals surface area contributed by atoms with Gasteiger partial charge in [0.25, 0.3) is 11.8 Å². The summed E-state index contributed by atoms with van der Waals surface area (Å²) < 4.78 is 7.96. The van der Waals surface area contributed by atoms with Crippen LogP contribution >= 0.6 is 0 Å². The molecule has 0 radical (unpaired) electrons. The van der Waals surface area contributed by atoms with Crippen LogP contribution in [0.2, 0.25) is 0 Å². The van der Waals surface area contributed by atoms with Crippen LogP contribution < -0.4 is 29.7 Å². The van der Waals surface area contributed by atoms with E-state index in [0.717, 1.165) is 120 Å². The van der Waals surface area contributed by atoms with Crippen LogP contribution in [0.1, 0.15) is 85.5 Å². The maximum atomic E-state index is 14.0. The van der Waals surface area contributed by atoms with Crippen molar-refractivity contribution >= 4 is 52.2 Å². The number of piperazine rings is 1. The first-order valence-corrected chi connectivity index (χ1v) is 27.8. The first-order valence-electron chi connectivity index (χ1n) is 27.8. The van der Waals surface area contributed by atoms with Crippen LogP contribution in [0, 0.1) is 11.8 Å². The smallest absolute Gasteiger partial charge is 0.289 e. The molecular weight excluding hydrogens is 987 g/mol. The first kappa shape index (κ1) is 53.6. The number of carbonyl (C=O) groups is 3. The van der Waals surface area contributed by atoms with Crippen LogP contribution in [0.4, 0.5) is 34.5 Å². The maximum absolute atomic E-state index is 14.0. The molecular formula is C59H73N13O6. The van der Waals surface area contributed by atoms with Gasteiger partial charge in [-0.1, -0.05) is 31.2 Å². The minimum atomic E-state index is -0.373. The van der Waals surface area contributed by atoms with Crippen molar-refractivity contribution in [3.05, 3.63) is 108 Å². The van der Waals surface area contributed by atoms with Gasteiger partial charge in [-0.2, -0.15) is 4.98 Å². The van der Waals surface area contributed by atoms with E-state index >= 15 is 0 Å². The highest BCUT2D eigenvalue weighted by Crippen LogP contribution is 2.42. The topological polar surface area (TPSA) is 192 Å². The average Bonchev–Trinajstić information content (AvgIpc) is 4.04. The van der Waals surface area contributed by atoms with Crippen molar-refractivity contribution in [1.29, 1.82) is 0 Å². The summed E-state index contributed by atoms with van der Waals surface area (Å²) in [6, 6.07) is 24.9. The van der Waals surface area contributed by atoms with Gasteiger partial charge in [0.15, 0.2) is 11.6 Å². The summed E-state index contributed by atoms with van der Waals surface area (Å²) in [4.78, 5) is 65.5. The molecule has 4 aliphatic rings. The number of aromatic nitrogens is 5. The quantitative estimate of drug-likeness (QED) is 0.0857. The Morgan fingerprint density at radius 2 is 1.47 bits per heavy atom. The van der Waals surface area contributed by atoms with Crippen molar-refractivity contribution < 1.29 is 29.3 Å². The molecule has 0 saturated carbocycles. The highest BCUT2D eigenvalue weighted by atomic mass is 16.5. The minimum Gasteiger partial charge on any atom is -0.508 e. The molecule has 10 rings (SSSR count). The van der Waals surface area contributed by atoms with E-state index in [1.54, 1.807) is 28.8 Å². The number of phenols is 2. The normalized spacial score (nSPS) is 16.7. The van der Waals surface area contributed by atoms with Gasteiger partial charge in [-0.3, -0.25) is 23.9 Å². The molecule has 3 fully saturated rings. The second kappa shape index (κ2) is 23.5. The van der Waals surface area contributed by atoms with E-state index in [1.165, 1.54) is 6.07 Å². The molecule has 78 heavy (non-hydrogen) atoms. The zero-order valence-electron chi connectivity index (χ0n) is 45.9. The highest BCUT2D eigenvalue weighted by Gasteiger charge is 2.34. The monoisotopic (exact) mass is 1060 g/mol.